The third-order valence-electron chi connectivity index (χ3n) is 4.84. The summed E-state index contributed by atoms with van der Waals surface area (Å²) in [5.74, 6) is 0.0546. The molecule has 7 nitrogen and oxygen atoms in total. The number of likely N-dealkylation sites (tertiary alicyclic amines) is 1. The number of likely N-dealkylation sites (N-methyl/N-ethyl adjacent to an activating group) is 1. The molecular formula is C16H24N4O3. The van der Waals surface area contributed by atoms with Crippen LogP contribution in [0.25, 0.3) is 0 Å². The fraction of sp³-hybridized carbons (Fsp3) is 0.688. The molecule has 2 saturated heterocycles. The Labute approximate surface area is 136 Å². The first-order valence-electron chi connectivity index (χ1n) is 8.16. The number of aryl methyl sites for hydroxylation is 2. The molecule has 0 saturated carbocycles. The number of nitrogens with zero attached hydrogens (tertiary/aromatic N) is 4. The van der Waals surface area contributed by atoms with Crippen LogP contribution in [0.2, 0.25) is 0 Å². The van der Waals surface area contributed by atoms with Crippen LogP contribution in [0.1, 0.15) is 35.9 Å². The molecule has 2 aliphatic heterocycles. The van der Waals surface area contributed by atoms with Gasteiger partial charge in [-0.1, -0.05) is 0 Å². The van der Waals surface area contributed by atoms with Crippen molar-refractivity contribution >= 4 is 11.8 Å². The van der Waals surface area contributed by atoms with Crippen molar-refractivity contribution in [1.29, 1.82) is 0 Å². The number of aromatic nitrogens is 2. The van der Waals surface area contributed by atoms with Crippen LogP contribution in [-0.2, 0) is 16.1 Å². The van der Waals surface area contributed by atoms with Gasteiger partial charge in [-0.15, -0.1) is 0 Å². The quantitative estimate of drug-likeness (QED) is 0.803. The van der Waals surface area contributed by atoms with E-state index in [9.17, 15) is 9.59 Å². The van der Waals surface area contributed by atoms with Crippen LogP contribution >= 0.6 is 0 Å². The molecule has 3 rings (SSSR count). The lowest BCUT2D eigenvalue weighted by Gasteiger charge is -2.46. The SMILES string of the molecule is CCn1nc(C)cc1C(=O)N1CCC2(CC1)CN(C)C(=O)CO2. The van der Waals surface area contributed by atoms with Gasteiger partial charge in [0.05, 0.1) is 11.3 Å². The van der Waals surface area contributed by atoms with Crippen molar-refractivity contribution in [1.82, 2.24) is 19.6 Å². The maximum Gasteiger partial charge on any atom is 0.272 e. The van der Waals surface area contributed by atoms with E-state index in [-0.39, 0.29) is 24.0 Å². The summed E-state index contributed by atoms with van der Waals surface area (Å²) in [4.78, 5) is 27.9. The van der Waals surface area contributed by atoms with E-state index in [4.69, 9.17) is 4.74 Å². The molecule has 1 spiro atoms. The molecule has 126 valence electrons. The second kappa shape index (κ2) is 5.96. The third kappa shape index (κ3) is 2.97. The lowest BCUT2D eigenvalue weighted by atomic mass is 9.89. The van der Waals surface area contributed by atoms with Gasteiger partial charge in [0.1, 0.15) is 12.3 Å². The molecule has 1 aromatic rings. The van der Waals surface area contributed by atoms with Crippen molar-refractivity contribution in [3.05, 3.63) is 17.5 Å². The summed E-state index contributed by atoms with van der Waals surface area (Å²) in [6.07, 6.45) is 1.52. The van der Waals surface area contributed by atoms with Crippen LogP contribution < -0.4 is 0 Å². The fourth-order valence-electron chi connectivity index (χ4n) is 3.43. The third-order valence-corrected chi connectivity index (χ3v) is 4.84. The van der Waals surface area contributed by atoms with Crippen molar-refractivity contribution in [3.63, 3.8) is 0 Å². The summed E-state index contributed by atoms with van der Waals surface area (Å²) in [5, 5.41) is 4.35. The molecule has 23 heavy (non-hydrogen) atoms. The fourth-order valence-corrected chi connectivity index (χ4v) is 3.43. The standard InChI is InChI=1S/C16H24N4O3/c1-4-20-13(9-12(2)17-20)15(22)19-7-5-16(6-8-19)11-18(3)14(21)10-23-16/h9H,4-8,10-11H2,1-3H3. The van der Waals surface area contributed by atoms with E-state index in [2.05, 4.69) is 5.10 Å². The molecular weight excluding hydrogens is 296 g/mol. The van der Waals surface area contributed by atoms with E-state index in [1.807, 2.05) is 31.9 Å². The zero-order valence-corrected chi connectivity index (χ0v) is 14.0. The zero-order chi connectivity index (χ0) is 16.6. The maximum absolute atomic E-state index is 12.7. The summed E-state index contributed by atoms with van der Waals surface area (Å²) in [6, 6.07) is 1.85. The van der Waals surface area contributed by atoms with Gasteiger partial charge in [0.15, 0.2) is 0 Å². The number of carbonyl (C=O) groups excluding carboxylic acids is 2. The predicted octanol–water partition coefficient (Wildman–Crippen LogP) is 0.675. The number of rotatable bonds is 2. The molecule has 0 aliphatic carbocycles. The predicted molar refractivity (Wildman–Crippen MR) is 84.1 cm³/mol. The second-order valence-electron chi connectivity index (χ2n) is 6.50. The van der Waals surface area contributed by atoms with E-state index in [1.165, 1.54) is 0 Å². The Morgan fingerprint density at radius 1 is 1.39 bits per heavy atom. The number of piperidine rings is 1. The number of carbonyl (C=O) groups is 2. The van der Waals surface area contributed by atoms with E-state index in [0.29, 0.717) is 31.9 Å². The van der Waals surface area contributed by atoms with Gasteiger partial charge in [-0.3, -0.25) is 14.3 Å². The Balaban J connectivity index is 1.67. The van der Waals surface area contributed by atoms with Gasteiger partial charge in [-0.25, -0.2) is 0 Å². The molecule has 3 heterocycles. The van der Waals surface area contributed by atoms with Crippen molar-refractivity contribution in [2.75, 3.05) is 33.3 Å². The highest BCUT2D eigenvalue weighted by molar-refractivity contribution is 5.92. The summed E-state index contributed by atoms with van der Waals surface area (Å²) < 4.78 is 7.58. The van der Waals surface area contributed by atoms with E-state index < -0.39 is 0 Å². The van der Waals surface area contributed by atoms with Gasteiger partial charge in [-0.2, -0.15) is 5.10 Å². The van der Waals surface area contributed by atoms with Crippen LogP contribution in [0, 0.1) is 6.92 Å². The minimum atomic E-state index is -0.291. The minimum absolute atomic E-state index is 0.0245. The molecule has 0 unspecified atom stereocenters. The van der Waals surface area contributed by atoms with E-state index in [0.717, 1.165) is 18.5 Å². The monoisotopic (exact) mass is 320 g/mol. The van der Waals surface area contributed by atoms with E-state index >= 15 is 0 Å². The maximum atomic E-state index is 12.7. The molecule has 0 N–H and O–H groups in total. The van der Waals surface area contributed by atoms with Gasteiger partial charge in [0, 0.05) is 33.2 Å². The van der Waals surface area contributed by atoms with Crippen molar-refractivity contribution in [2.45, 2.75) is 38.8 Å². The largest absolute Gasteiger partial charge is 0.363 e. The average Bonchev–Trinajstić information content (AvgIpc) is 2.92. The highest BCUT2D eigenvalue weighted by Crippen LogP contribution is 2.30. The lowest BCUT2D eigenvalue weighted by molar-refractivity contribution is -0.167. The van der Waals surface area contributed by atoms with Crippen LogP contribution in [0.4, 0.5) is 0 Å². The molecule has 2 aliphatic rings. The summed E-state index contributed by atoms with van der Waals surface area (Å²) in [7, 11) is 1.81. The first-order valence-corrected chi connectivity index (χ1v) is 8.16. The molecule has 1 aromatic heterocycles. The second-order valence-corrected chi connectivity index (χ2v) is 6.50. The van der Waals surface area contributed by atoms with Gasteiger partial charge in [-0.05, 0) is 32.8 Å². The number of ether oxygens (including phenoxy) is 1. The summed E-state index contributed by atoms with van der Waals surface area (Å²) in [6.45, 7) is 6.62. The number of hydrogen-bond donors (Lipinski definition) is 0. The molecule has 2 fully saturated rings. The molecule has 0 atom stereocenters. The van der Waals surface area contributed by atoms with Crippen molar-refractivity contribution in [3.8, 4) is 0 Å². The normalized spacial score (nSPS) is 21.1. The number of morpholine rings is 1. The zero-order valence-electron chi connectivity index (χ0n) is 14.0. The van der Waals surface area contributed by atoms with Crippen LogP contribution in [0.3, 0.4) is 0 Å². The summed E-state index contributed by atoms with van der Waals surface area (Å²) in [5.41, 5.74) is 1.22. The average molecular weight is 320 g/mol. The highest BCUT2D eigenvalue weighted by atomic mass is 16.5. The van der Waals surface area contributed by atoms with Gasteiger partial charge in [0.25, 0.3) is 5.91 Å². The van der Waals surface area contributed by atoms with Crippen LogP contribution in [0.5, 0.6) is 0 Å². The van der Waals surface area contributed by atoms with Gasteiger partial charge in [0.2, 0.25) is 5.91 Å². The minimum Gasteiger partial charge on any atom is -0.363 e. The molecule has 0 bridgehead atoms. The molecule has 2 amide bonds. The molecule has 0 aromatic carbocycles. The summed E-state index contributed by atoms with van der Waals surface area (Å²) >= 11 is 0. The molecule has 7 heteroatoms. The highest BCUT2D eigenvalue weighted by Gasteiger charge is 2.42. The Kier molecular flexibility index (Phi) is 4.14. The van der Waals surface area contributed by atoms with Gasteiger partial charge >= 0.3 is 0 Å². The Morgan fingerprint density at radius 2 is 2.09 bits per heavy atom. The first kappa shape index (κ1) is 16.0. The van der Waals surface area contributed by atoms with Crippen molar-refractivity contribution < 1.29 is 14.3 Å². The van der Waals surface area contributed by atoms with Crippen molar-refractivity contribution in [2.24, 2.45) is 0 Å². The Morgan fingerprint density at radius 3 is 2.70 bits per heavy atom. The molecule has 0 radical (unpaired) electrons. The van der Waals surface area contributed by atoms with Crippen LogP contribution in [0.15, 0.2) is 6.07 Å². The lowest BCUT2D eigenvalue weighted by Crippen LogP contribution is -2.58. The number of amides is 2. The smallest absolute Gasteiger partial charge is 0.272 e. The topological polar surface area (TPSA) is 67.7 Å². The number of hydrogen-bond acceptors (Lipinski definition) is 4. The van der Waals surface area contributed by atoms with Gasteiger partial charge < -0.3 is 14.5 Å². The Bertz CT molecular complexity index is 617. The van der Waals surface area contributed by atoms with Crippen LogP contribution in [-0.4, -0.2) is 70.3 Å². The van der Waals surface area contributed by atoms with E-state index in [1.54, 1.807) is 9.58 Å². The first-order chi connectivity index (χ1) is 10.9. The Hall–Kier alpha value is -1.89.